The average Bonchev–Trinajstić information content (AvgIpc) is 3.37. The molecule has 2 fully saturated rings. The second-order valence-corrected chi connectivity index (χ2v) is 10.4. The van der Waals surface area contributed by atoms with Gasteiger partial charge in [0.1, 0.15) is 11.2 Å². The van der Waals surface area contributed by atoms with E-state index in [-0.39, 0.29) is 66.8 Å². The Bertz CT molecular complexity index is 1510. The normalized spacial score (nSPS) is 21.2. The molecule has 2 saturated heterocycles. The van der Waals surface area contributed by atoms with E-state index in [1.165, 1.54) is 28.0 Å². The number of fused-ring (bicyclic) bond motifs is 1. The van der Waals surface area contributed by atoms with Crippen molar-refractivity contribution >= 4 is 44.9 Å². The number of morpholine rings is 1. The van der Waals surface area contributed by atoms with Gasteiger partial charge in [-0.3, -0.25) is 14.4 Å². The van der Waals surface area contributed by atoms with E-state index in [0.29, 0.717) is 0 Å². The Kier molecular flexibility index (Phi) is 7.66. The van der Waals surface area contributed by atoms with Crippen LogP contribution in [-0.4, -0.2) is 74.2 Å². The summed E-state index contributed by atoms with van der Waals surface area (Å²) in [7, 11) is 0. The number of nitrogens with zero attached hydrogens (tertiary/aromatic N) is 3. The van der Waals surface area contributed by atoms with Crippen LogP contribution in [0.5, 0.6) is 0 Å². The Balaban J connectivity index is 1.46. The zero-order chi connectivity index (χ0) is 28.8. The molecule has 1 N–H and O–H groups in total. The number of ether oxygens (including phenoxy) is 1. The van der Waals surface area contributed by atoms with E-state index in [0.717, 1.165) is 12.1 Å². The Labute approximate surface area is 232 Å². The summed E-state index contributed by atoms with van der Waals surface area (Å²) in [6.07, 6.45) is -7.05. The molecule has 5 rings (SSSR count). The minimum Gasteiger partial charge on any atom is -0.378 e. The number of benzene rings is 2. The van der Waals surface area contributed by atoms with Crippen molar-refractivity contribution in [3.8, 4) is 0 Å². The molecule has 0 aliphatic carbocycles. The van der Waals surface area contributed by atoms with Crippen LogP contribution in [0.2, 0.25) is 0 Å². The van der Waals surface area contributed by atoms with Crippen molar-refractivity contribution in [2.75, 3.05) is 44.3 Å². The summed E-state index contributed by atoms with van der Waals surface area (Å²) < 4.78 is 76.9. The summed E-state index contributed by atoms with van der Waals surface area (Å²) in [5, 5.41) is 1.94. The Hall–Kier alpha value is -3.39. The molecule has 3 aliphatic heterocycles. The minimum absolute atomic E-state index is 0.0485. The molecular formula is C26H22BrF5N4O4. The SMILES string of the molecule is O=C(N[C@@H]1CCN(c2c(C(=O)N3CCOCC3)cc(Br)cc2C(F)(F)F)C1)C1=c2cccc(F)c2=NC(=O)C1F. The number of rotatable bonds is 4. The van der Waals surface area contributed by atoms with E-state index < -0.39 is 58.4 Å². The van der Waals surface area contributed by atoms with Crippen LogP contribution in [0.3, 0.4) is 0 Å². The standard InChI is InChI=1S/C26H22BrF5N4O4/c27-13-10-16(25(39)35-6-8-40-9-7-35)22(17(11-13)26(30,31)32)36-5-4-14(12-36)33-23(37)19-15-2-1-3-18(28)21(15)34-24(38)20(19)29/h1-3,10-11,14,20H,4-9,12H2,(H,33,37)/t14-,20?/m1/s1. The lowest BCUT2D eigenvalue weighted by Crippen LogP contribution is -2.47. The molecule has 3 heterocycles. The predicted molar refractivity (Wildman–Crippen MR) is 135 cm³/mol. The summed E-state index contributed by atoms with van der Waals surface area (Å²) in [6, 6.07) is 5.00. The monoisotopic (exact) mass is 628 g/mol. The Morgan fingerprint density at radius 3 is 2.55 bits per heavy atom. The van der Waals surface area contributed by atoms with E-state index in [2.05, 4.69) is 26.2 Å². The molecule has 2 aromatic rings. The van der Waals surface area contributed by atoms with Crippen LogP contribution in [-0.2, 0) is 20.5 Å². The maximum absolute atomic E-state index is 14.8. The van der Waals surface area contributed by atoms with E-state index in [1.807, 2.05) is 0 Å². The van der Waals surface area contributed by atoms with Gasteiger partial charge in [-0.15, -0.1) is 0 Å². The third-order valence-corrected chi connectivity index (χ3v) is 7.42. The highest BCUT2D eigenvalue weighted by Crippen LogP contribution is 2.42. The zero-order valence-electron chi connectivity index (χ0n) is 20.7. The van der Waals surface area contributed by atoms with Gasteiger partial charge in [0.25, 0.3) is 17.7 Å². The smallest absolute Gasteiger partial charge is 0.378 e. The maximum atomic E-state index is 14.8. The highest BCUT2D eigenvalue weighted by atomic mass is 79.9. The van der Waals surface area contributed by atoms with Crippen LogP contribution >= 0.6 is 15.9 Å². The van der Waals surface area contributed by atoms with Gasteiger partial charge in [-0.2, -0.15) is 13.2 Å². The molecule has 8 nitrogen and oxygen atoms in total. The van der Waals surface area contributed by atoms with Crippen LogP contribution in [0.25, 0.3) is 5.57 Å². The maximum Gasteiger partial charge on any atom is 0.418 e. The van der Waals surface area contributed by atoms with Crippen LogP contribution < -0.4 is 20.8 Å². The number of carbonyl (C=O) groups excluding carboxylic acids is 3. The van der Waals surface area contributed by atoms with Gasteiger partial charge in [0, 0.05) is 41.9 Å². The highest BCUT2D eigenvalue weighted by molar-refractivity contribution is 9.10. The molecule has 0 bridgehead atoms. The molecule has 3 aliphatic rings. The first-order chi connectivity index (χ1) is 19.0. The van der Waals surface area contributed by atoms with Crippen molar-refractivity contribution in [2.24, 2.45) is 4.99 Å². The van der Waals surface area contributed by atoms with Gasteiger partial charge in [-0.05, 0) is 24.6 Å². The third kappa shape index (κ3) is 5.33. The molecule has 0 spiro atoms. The lowest BCUT2D eigenvalue weighted by molar-refractivity contribution is -0.137. The predicted octanol–water partition coefficient (Wildman–Crippen LogP) is 2.12. The molecule has 0 aromatic heterocycles. The zero-order valence-corrected chi connectivity index (χ0v) is 22.3. The number of alkyl halides is 4. The quantitative estimate of drug-likeness (QED) is 0.524. The minimum atomic E-state index is -4.79. The fraction of sp³-hybridized carbons (Fsp3) is 0.385. The fourth-order valence-corrected chi connectivity index (χ4v) is 5.57. The van der Waals surface area contributed by atoms with Gasteiger partial charge in [-0.1, -0.05) is 28.1 Å². The summed E-state index contributed by atoms with van der Waals surface area (Å²) in [5.74, 6) is -3.81. The Morgan fingerprint density at radius 1 is 1.12 bits per heavy atom. The van der Waals surface area contributed by atoms with Gasteiger partial charge in [0.2, 0.25) is 6.17 Å². The largest absolute Gasteiger partial charge is 0.418 e. The molecule has 40 heavy (non-hydrogen) atoms. The van der Waals surface area contributed by atoms with Crippen LogP contribution in [0.15, 0.2) is 39.8 Å². The lowest BCUT2D eigenvalue weighted by atomic mass is 10.0. The first-order valence-electron chi connectivity index (χ1n) is 12.3. The van der Waals surface area contributed by atoms with Crippen molar-refractivity contribution in [2.45, 2.75) is 24.8 Å². The van der Waals surface area contributed by atoms with E-state index >= 15 is 0 Å². The molecule has 14 heteroatoms. The van der Waals surface area contributed by atoms with E-state index in [4.69, 9.17) is 4.74 Å². The second-order valence-electron chi connectivity index (χ2n) is 9.52. The first-order valence-corrected chi connectivity index (χ1v) is 13.1. The number of anilines is 1. The second kappa shape index (κ2) is 10.9. The van der Waals surface area contributed by atoms with Crippen molar-refractivity contribution < 1.29 is 41.1 Å². The van der Waals surface area contributed by atoms with Gasteiger partial charge in [-0.25, -0.2) is 13.8 Å². The Morgan fingerprint density at radius 2 is 1.85 bits per heavy atom. The molecule has 2 atom stereocenters. The number of hydrogen-bond acceptors (Lipinski definition) is 5. The van der Waals surface area contributed by atoms with Crippen molar-refractivity contribution in [1.82, 2.24) is 10.2 Å². The fourth-order valence-electron chi connectivity index (χ4n) is 5.11. The van der Waals surface area contributed by atoms with Crippen molar-refractivity contribution in [3.63, 3.8) is 0 Å². The average molecular weight is 629 g/mol. The molecule has 3 amide bonds. The third-order valence-electron chi connectivity index (χ3n) is 6.96. The van der Waals surface area contributed by atoms with Gasteiger partial charge in [0.15, 0.2) is 0 Å². The number of amides is 3. The van der Waals surface area contributed by atoms with Crippen LogP contribution in [0.1, 0.15) is 22.3 Å². The summed E-state index contributed by atoms with van der Waals surface area (Å²) >= 11 is 3.09. The number of halogens is 6. The molecule has 1 unspecified atom stereocenters. The van der Waals surface area contributed by atoms with E-state index in [9.17, 15) is 36.3 Å². The summed E-state index contributed by atoms with van der Waals surface area (Å²) in [6.45, 7) is 0.888. The number of nitrogens with one attached hydrogen (secondary N) is 1. The molecule has 0 radical (unpaired) electrons. The van der Waals surface area contributed by atoms with Crippen molar-refractivity contribution in [3.05, 3.63) is 62.3 Å². The molecular weight excluding hydrogens is 607 g/mol. The van der Waals surface area contributed by atoms with Gasteiger partial charge in [0.05, 0.1) is 35.6 Å². The summed E-state index contributed by atoms with van der Waals surface area (Å²) in [5.41, 5.74) is -2.11. The molecule has 0 saturated carbocycles. The van der Waals surface area contributed by atoms with Crippen LogP contribution in [0.4, 0.5) is 27.6 Å². The van der Waals surface area contributed by atoms with Crippen molar-refractivity contribution in [1.29, 1.82) is 0 Å². The number of hydrogen-bond donors (Lipinski definition) is 1. The van der Waals surface area contributed by atoms with Crippen LogP contribution in [0, 0.1) is 5.82 Å². The first kappa shape index (κ1) is 28.1. The highest BCUT2D eigenvalue weighted by Gasteiger charge is 2.41. The number of carbonyl (C=O) groups is 3. The van der Waals surface area contributed by atoms with Gasteiger partial charge < -0.3 is 19.9 Å². The molecule has 2 aromatic carbocycles. The lowest BCUT2D eigenvalue weighted by Gasteiger charge is -2.31. The molecule has 212 valence electrons. The topological polar surface area (TPSA) is 91.3 Å². The summed E-state index contributed by atoms with van der Waals surface area (Å²) in [4.78, 5) is 44.6. The van der Waals surface area contributed by atoms with Gasteiger partial charge >= 0.3 is 6.18 Å². The van der Waals surface area contributed by atoms with E-state index in [1.54, 1.807) is 0 Å². The number of para-hydroxylation sites is 1.